The molecule has 2 aromatic heterocycles. The molecule has 0 spiro atoms. The molecule has 0 saturated carbocycles. The first kappa shape index (κ1) is 24.4. The number of rotatable bonds is 5. The molecule has 0 unspecified atom stereocenters. The molecule has 0 aliphatic heterocycles. The monoisotopic (exact) mass is 510 g/mol. The van der Waals surface area contributed by atoms with E-state index in [1.165, 1.54) is 42.5 Å². The van der Waals surface area contributed by atoms with Crippen molar-refractivity contribution in [1.82, 2.24) is 0 Å². The minimum absolute atomic E-state index is 0.0317. The standard InChI is InChI=1S/C25H13ClF6O3/c26-19-7-4-16(25(30,31)32)13-18(19)22-9-6-17(34-22)5-8-20(33)23-11-10-21(35-23)14-2-1-3-15(12-14)24(27,28)29/h1-13H. The highest BCUT2D eigenvalue weighted by Gasteiger charge is 2.32. The highest BCUT2D eigenvalue weighted by molar-refractivity contribution is 6.33. The Morgan fingerprint density at radius 3 is 2.17 bits per heavy atom. The van der Waals surface area contributed by atoms with Crippen molar-refractivity contribution >= 4 is 23.5 Å². The predicted octanol–water partition coefficient (Wildman–Crippen LogP) is 8.79. The van der Waals surface area contributed by atoms with Crippen molar-refractivity contribution in [2.45, 2.75) is 12.4 Å². The molecule has 0 saturated heterocycles. The topological polar surface area (TPSA) is 43.4 Å². The van der Waals surface area contributed by atoms with Crippen LogP contribution in [-0.4, -0.2) is 5.78 Å². The largest absolute Gasteiger partial charge is 0.457 e. The third-order valence-corrected chi connectivity index (χ3v) is 5.24. The maximum atomic E-state index is 13.0. The molecule has 4 aromatic rings. The maximum Gasteiger partial charge on any atom is 0.416 e. The number of benzene rings is 2. The lowest BCUT2D eigenvalue weighted by atomic mass is 10.1. The zero-order valence-electron chi connectivity index (χ0n) is 17.4. The molecule has 0 amide bonds. The van der Waals surface area contributed by atoms with Gasteiger partial charge in [0.05, 0.1) is 16.1 Å². The van der Waals surface area contributed by atoms with E-state index in [9.17, 15) is 31.1 Å². The molecular weight excluding hydrogens is 498 g/mol. The van der Waals surface area contributed by atoms with E-state index in [1.54, 1.807) is 0 Å². The molecule has 2 aromatic carbocycles. The van der Waals surface area contributed by atoms with E-state index in [-0.39, 0.29) is 39.2 Å². The molecule has 2 heterocycles. The second kappa shape index (κ2) is 9.14. The molecule has 10 heteroatoms. The number of halogens is 7. The summed E-state index contributed by atoms with van der Waals surface area (Å²) in [5.41, 5.74) is -1.57. The molecule has 0 bridgehead atoms. The van der Waals surface area contributed by atoms with Gasteiger partial charge in [-0.2, -0.15) is 26.3 Å². The molecule has 180 valence electrons. The van der Waals surface area contributed by atoms with Gasteiger partial charge in [0.2, 0.25) is 5.78 Å². The van der Waals surface area contributed by atoms with Gasteiger partial charge < -0.3 is 8.83 Å². The first-order valence-corrected chi connectivity index (χ1v) is 10.3. The average molecular weight is 511 g/mol. The number of carbonyl (C=O) groups excluding carboxylic acids is 1. The lowest BCUT2D eigenvalue weighted by molar-refractivity contribution is -0.138. The molecule has 0 atom stereocenters. The number of alkyl halides is 6. The third kappa shape index (κ3) is 5.51. The van der Waals surface area contributed by atoms with E-state index in [4.69, 9.17) is 20.4 Å². The van der Waals surface area contributed by atoms with Crippen LogP contribution < -0.4 is 0 Å². The highest BCUT2D eigenvalue weighted by Crippen LogP contribution is 2.37. The summed E-state index contributed by atoms with van der Waals surface area (Å²) < 4.78 is 88.6. The zero-order chi connectivity index (χ0) is 25.4. The molecule has 4 rings (SSSR count). The molecular formula is C25H13ClF6O3. The van der Waals surface area contributed by atoms with Gasteiger partial charge in [-0.1, -0.05) is 23.7 Å². The Morgan fingerprint density at radius 1 is 0.771 bits per heavy atom. The molecule has 0 aliphatic rings. The van der Waals surface area contributed by atoms with Crippen molar-refractivity contribution in [1.29, 1.82) is 0 Å². The van der Waals surface area contributed by atoms with Gasteiger partial charge in [-0.3, -0.25) is 4.79 Å². The summed E-state index contributed by atoms with van der Waals surface area (Å²) in [5, 5.41) is 0.0525. The fraction of sp³-hybridized carbons (Fsp3) is 0.0800. The minimum Gasteiger partial charge on any atom is -0.457 e. The lowest BCUT2D eigenvalue weighted by Crippen LogP contribution is -2.04. The van der Waals surface area contributed by atoms with Crippen LogP contribution in [-0.2, 0) is 12.4 Å². The van der Waals surface area contributed by atoms with Gasteiger partial charge in [0.25, 0.3) is 0 Å². The normalized spacial score (nSPS) is 12.4. The zero-order valence-corrected chi connectivity index (χ0v) is 18.1. The summed E-state index contributed by atoms with van der Waals surface area (Å²) >= 11 is 6.01. The molecule has 0 radical (unpaired) electrons. The molecule has 3 nitrogen and oxygen atoms in total. The van der Waals surface area contributed by atoms with Gasteiger partial charge in [-0.25, -0.2) is 0 Å². The average Bonchev–Trinajstić information content (AvgIpc) is 3.47. The number of furan rings is 2. The Balaban J connectivity index is 1.51. The van der Waals surface area contributed by atoms with Gasteiger partial charge in [-0.05, 0) is 66.7 Å². The number of ketones is 1. The summed E-state index contributed by atoms with van der Waals surface area (Å²) in [6, 6.07) is 12.8. The highest BCUT2D eigenvalue weighted by atomic mass is 35.5. The smallest absolute Gasteiger partial charge is 0.416 e. The fourth-order valence-electron chi connectivity index (χ4n) is 3.19. The third-order valence-electron chi connectivity index (χ3n) is 4.91. The summed E-state index contributed by atoms with van der Waals surface area (Å²) in [6.07, 6.45) is -6.70. The lowest BCUT2D eigenvalue weighted by Gasteiger charge is -2.09. The number of allylic oxidation sites excluding steroid dienone is 1. The SMILES string of the molecule is O=C(C=Cc1ccc(-c2cc(C(F)(F)F)ccc2Cl)o1)c1ccc(-c2cccc(C(F)(F)F)c2)o1. The quantitative estimate of drug-likeness (QED) is 0.153. The first-order valence-electron chi connectivity index (χ1n) is 9.88. The Labute approximate surface area is 199 Å². The van der Waals surface area contributed by atoms with Gasteiger partial charge in [0.15, 0.2) is 5.76 Å². The Kier molecular flexibility index (Phi) is 6.38. The van der Waals surface area contributed by atoms with Crippen molar-refractivity contribution < 1.29 is 40.0 Å². The second-order valence-corrected chi connectivity index (χ2v) is 7.74. The van der Waals surface area contributed by atoms with Crippen LogP contribution in [0.15, 0.2) is 81.6 Å². The van der Waals surface area contributed by atoms with Crippen molar-refractivity contribution in [2.24, 2.45) is 0 Å². The van der Waals surface area contributed by atoms with E-state index < -0.39 is 29.3 Å². The van der Waals surface area contributed by atoms with Crippen LogP contribution in [0, 0.1) is 0 Å². The number of hydrogen-bond donors (Lipinski definition) is 0. The minimum atomic E-state index is -4.56. The Hall–Kier alpha value is -3.72. The van der Waals surface area contributed by atoms with Crippen molar-refractivity contribution in [3.63, 3.8) is 0 Å². The van der Waals surface area contributed by atoms with Crippen LogP contribution in [0.5, 0.6) is 0 Å². The summed E-state index contributed by atoms with van der Waals surface area (Å²) in [6.45, 7) is 0. The van der Waals surface area contributed by atoms with Crippen molar-refractivity contribution in [2.75, 3.05) is 0 Å². The van der Waals surface area contributed by atoms with Crippen LogP contribution in [0.3, 0.4) is 0 Å². The predicted molar refractivity (Wildman–Crippen MR) is 117 cm³/mol. The molecule has 35 heavy (non-hydrogen) atoms. The van der Waals surface area contributed by atoms with Gasteiger partial charge in [0, 0.05) is 11.1 Å². The van der Waals surface area contributed by atoms with Gasteiger partial charge in [-0.15, -0.1) is 0 Å². The van der Waals surface area contributed by atoms with E-state index >= 15 is 0 Å². The second-order valence-electron chi connectivity index (χ2n) is 7.33. The Morgan fingerprint density at radius 2 is 1.46 bits per heavy atom. The van der Waals surface area contributed by atoms with Gasteiger partial charge >= 0.3 is 12.4 Å². The van der Waals surface area contributed by atoms with E-state index in [2.05, 4.69) is 0 Å². The number of hydrogen-bond acceptors (Lipinski definition) is 3. The molecule has 0 aliphatic carbocycles. The summed E-state index contributed by atoms with van der Waals surface area (Å²) in [4.78, 5) is 12.4. The number of carbonyl (C=O) groups is 1. The fourth-order valence-corrected chi connectivity index (χ4v) is 3.40. The van der Waals surface area contributed by atoms with Gasteiger partial charge in [0.1, 0.15) is 17.3 Å². The molecule has 0 N–H and O–H groups in total. The van der Waals surface area contributed by atoms with Crippen molar-refractivity contribution in [3.05, 3.63) is 100 Å². The van der Waals surface area contributed by atoms with E-state index in [1.807, 2.05) is 0 Å². The van der Waals surface area contributed by atoms with E-state index in [0.717, 1.165) is 36.4 Å². The van der Waals surface area contributed by atoms with Crippen LogP contribution >= 0.6 is 11.6 Å². The summed E-state index contributed by atoms with van der Waals surface area (Å²) in [7, 11) is 0. The maximum absolute atomic E-state index is 13.0. The first-order chi connectivity index (χ1) is 16.4. The van der Waals surface area contributed by atoms with Crippen molar-refractivity contribution in [3.8, 4) is 22.6 Å². The summed E-state index contributed by atoms with van der Waals surface area (Å²) in [5.74, 6) is -0.420. The molecule has 0 fully saturated rings. The van der Waals surface area contributed by atoms with Crippen LogP contribution in [0.2, 0.25) is 5.02 Å². The van der Waals surface area contributed by atoms with E-state index in [0.29, 0.717) is 0 Å². The van der Waals surface area contributed by atoms with Crippen LogP contribution in [0.25, 0.3) is 28.7 Å². The van der Waals surface area contributed by atoms with Crippen LogP contribution in [0.1, 0.15) is 27.4 Å². The Bertz CT molecular complexity index is 1410. The van der Waals surface area contributed by atoms with Crippen LogP contribution in [0.4, 0.5) is 26.3 Å².